The number of nitrogens with one attached hydrogen (secondary N) is 1. The molecule has 166 valence electrons. The van der Waals surface area contributed by atoms with Gasteiger partial charge in [0.05, 0.1) is 7.11 Å². The number of aryl methyl sites for hydroxylation is 2. The molecule has 1 fully saturated rings. The van der Waals surface area contributed by atoms with Crippen LogP contribution in [-0.4, -0.2) is 54.1 Å². The third kappa shape index (κ3) is 4.64. The van der Waals surface area contributed by atoms with Crippen molar-refractivity contribution in [3.8, 4) is 5.88 Å². The molecular formula is C24H28N6O2. The average Bonchev–Trinajstić information content (AvgIpc) is 2.83. The number of pyridine rings is 1. The normalized spacial score (nSPS) is 13.7. The van der Waals surface area contributed by atoms with Crippen LogP contribution in [-0.2, 0) is 6.54 Å². The Bertz CT molecular complexity index is 1060. The fraction of sp³-hybridized carbons (Fsp3) is 0.333. The van der Waals surface area contributed by atoms with Crippen LogP contribution >= 0.6 is 0 Å². The van der Waals surface area contributed by atoms with Crippen molar-refractivity contribution in [2.45, 2.75) is 20.4 Å². The Kier molecular flexibility index (Phi) is 6.49. The number of aromatic nitrogens is 3. The highest BCUT2D eigenvalue weighted by atomic mass is 16.5. The first-order valence-electron chi connectivity index (χ1n) is 10.7. The Morgan fingerprint density at radius 2 is 1.75 bits per heavy atom. The molecule has 0 unspecified atom stereocenters. The fourth-order valence-corrected chi connectivity index (χ4v) is 4.04. The molecule has 8 heteroatoms. The maximum absolute atomic E-state index is 12.6. The number of methoxy groups -OCH3 is 1. The van der Waals surface area contributed by atoms with Crippen molar-refractivity contribution >= 4 is 17.5 Å². The lowest BCUT2D eigenvalue weighted by Crippen LogP contribution is -2.47. The van der Waals surface area contributed by atoms with E-state index in [4.69, 9.17) is 4.74 Å². The number of anilines is 2. The summed E-state index contributed by atoms with van der Waals surface area (Å²) < 4.78 is 5.41. The second-order valence-corrected chi connectivity index (χ2v) is 7.85. The third-order valence-electron chi connectivity index (χ3n) is 5.67. The predicted octanol–water partition coefficient (Wildman–Crippen LogP) is 2.75. The Labute approximate surface area is 188 Å². The van der Waals surface area contributed by atoms with Crippen molar-refractivity contribution in [1.29, 1.82) is 0 Å². The summed E-state index contributed by atoms with van der Waals surface area (Å²) in [5.74, 6) is 0.569. The molecule has 4 rings (SSSR count). The largest absolute Gasteiger partial charge is 0.480 e. The molecule has 1 saturated heterocycles. The van der Waals surface area contributed by atoms with Gasteiger partial charge in [0.2, 0.25) is 11.8 Å². The number of para-hydroxylation sites is 1. The van der Waals surface area contributed by atoms with E-state index in [0.717, 1.165) is 31.7 Å². The van der Waals surface area contributed by atoms with Crippen LogP contribution in [0.3, 0.4) is 0 Å². The van der Waals surface area contributed by atoms with Crippen molar-refractivity contribution in [3.63, 3.8) is 0 Å². The van der Waals surface area contributed by atoms with Gasteiger partial charge in [-0.1, -0.05) is 24.3 Å². The van der Waals surface area contributed by atoms with E-state index in [1.165, 1.54) is 30.1 Å². The fourth-order valence-electron chi connectivity index (χ4n) is 4.04. The summed E-state index contributed by atoms with van der Waals surface area (Å²) in [5.41, 5.74) is 5.12. The third-order valence-corrected chi connectivity index (χ3v) is 5.67. The highest BCUT2D eigenvalue weighted by Crippen LogP contribution is 2.27. The van der Waals surface area contributed by atoms with Gasteiger partial charge in [0.1, 0.15) is 5.56 Å². The van der Waals surface area contributed by atoms with E-state index in [2.05, 4.69) is 62.1 Å². The van der Waals surface area contributed by atoms with Crippen molar-refractivity contribution < 1.29 is 9.53 Å². The van der Waals surface area contributed by atoms with Crippen LogP contribution < -0.4 is 19.9 Å². The van der Waals surface area contributed by atoms with Crippen LogP contribution in [0, 0.1) is 13.8 Å². The first-order chi connectivity index (χ1) is 15.6. The molecule has 0 aliphatic carbocycles. The lowest BCUT2D eigenvalue weighted by atomic mass is 10.1. The molecule has 0 radical (unpaired) electrons. The highest BCUT2D eigenvalue weighted by molar-refractivity contribution is 5.96. The number of nitrogens with zero attached hydrogens (tertiary/aromatic N) is 5. The molecule has 1 N–H and O–H groups in total. The molecule has 3 aromatic rings. The summed E-state index contributed by atoms with van der Waals surface area (Å²) in [4.78, 5) is 30.2. The smallest absolute Gasteiger partial charge is 0.258 e. The van der Waals surface area contributed by atoms with Crippen molar-refractivity contribution in [1.82, 2.24) is 20.3 Å². The first kappa shape index (κ1) is 21.5. The zero-order valence-electron chi connectivity index (χ0n) is 18.7. The number of carbonyl (C=O) groups is 1. The molecule has 2 aromatic heterocycles. The number of rotatable bonds is 6. The van der Waals surface area contributed by atoms with Gasteiger partial charge in [-0.2, -0.15) is 4.98 Å². The van der Waals surface area contributed by atoms with E-state index in [9.17, 15) is 4.79 Å². The van der Waals surface area contributed by atoms with Gasteiger partial charge in [0, 0.05) is 57.0 Å². The summed E-state index contributed by atoms with van der Waals surface area (Å²) in [6.07, 6.45) is 4.95. The molecule has 0 saturated carbocycles. The maximum atomic E-state index is 12.6. The van der Waals surface area contributed by atoms with E-state index in [-0.39, 0.29) is 11.8 Å². The van der Waals surface area contributed by atoms with Crippen LogP contribution in [0.2, 0.25) is 0 Å². The van der Waals surface area contributed by atoms with Crippen LogP contribution in [0.25, 0.3) is 0 Å². The van der Waals surface area contributed by atoms with Crippen LogP contribution in [0.5, 0.6) is 5.88 Å². The van der Waals surface area contributed by atoms with Crippen molar-refractivity contribution in [2.24, 2.45) is 0 Å². The van der Waals surface area contributed by atoms with Crippen LogP contribution in [0.15, 0.2) is 48.9 Å². The average molecular weight is 433 g/mol. The topological polar surface area (TPSA) is 83.5 Å². The Morgan fingerprint density at radius 1 is 1.03 bits per heavy atom. The van der Waals surface area contributed by atoms with Gasteiger partial charge in [-0.05, 0) is 36.6 Å². The standard InChI is InChI=1S/C24H28N6O2/c1-17-6-4-7-18(2)21(17)29-10-12-30(13-11-29)24-27-16-20(23(28-24)32-3)22(31)26-15-19-8-5-9-25-14-19/h4-9,14,16H,10-13,15H2,1-3H3,(H,26,31). The van der Waals surface area contributed by atoms with E-state index >= 15 is 0 Å². The molecule has 0 spiro atoms. The summed E-state index contributed by atoms with van der Waals surface area (Å²) in [6.45, 7) is 8.03. The monoisotopic (exact) mass is 432 g/mol. The molecule has 1 amide bonds. The molecule has 0 bridgehead atoms. The number of hydrogen-bond donors (Lipinski definition) is 1. The highest BCUT2D eigenvalue weighted by Gasteiger charge is 2.23. The van der Waals surface area contributed by atoms with Crippen LogP contribution in [0.1, 0.15) is 27.0 Å². The minimum Gasteiger partial charge on any atom is -0.480 e. The van der Waals surface area contributed by atoms with Gasteiger partial charge in [-0.25, -0.2) is 4.98 Å². The molecule has 0 atom stereocenters. The quantitative estimate of drug-likeness (QED) is 0.641. The van der Waals surface area contributed by atoms with Gasteiger partial charge in [-0.15, -0.1) is 0 Å². The Morgan fingerprint density at radius 3 is 2.41 bits per heavy atom. The van der Waals surface area contributed by atoms with Gasteiger partial charge in [0.15, 0.2) is 0 Å². The van der Waals surface area contributed by atoms with Crippen molar-refractivity contribution in [2.75, 3.05) is 43.1 Å². The maximum Gasteiger partial charge on any atom is 0.258 e. The molecular weight excluding hydrogens is 404 g/mol. The number of hydrogen-bond acceptors (Lipinski definition) is 7. The van der Waals surface area contributed by atoms with Crippen LogP contribution in [0.4, 0.5) is 11.6 Å². The lowest BCUT2D eigenvalue weighted by Gasteiger charge is -2.37. The molecule has 3 heterocycles. The molecule has 1 aliphatic rings. The zero-order chi connectivity index (χ0) is 22.5. The van der Waals surface area contributed by atoms with E-state index in [1.807, 2.05) is 12.1 Å². The molecule has 8 nitrogen and oxygen atoms in total. The van der Waals surface area contributed by atoms with Gasteiger partial charge in [-0.3, -0.25) is 9.78 Å². The van der Waals surface area contributed by atoms with Crippen molar-refractivity contribution in [3.05, 3.63) is 71.2 Å². The summed E-state index contributed by atoms with van der Waals surface area (Å²) in [7, 11) is 1.52. The number of piperazine rings is 1. The SMILES string of the molecule is COc1nc(N2CCN(c3c(C)cccc3C)CC2)ncc1C(=O)NCc1cccnc1. The summed E-state index contributed by atoms with van der Waals surface area (Å²) in [6, 6.07) is 10.1. The minimum absolute atomic E-state index is 0.274. The molecule has 1 aliphatic heterocycles. The number of benzene rings is 1. The number of ether oxygens (including phenoxy) is 1. The Hall–Kier alpha value is -3.68. The second-order valence-electron chi connectivity index (χ2n) is 7.85. The summed E-state index contributed by atoms with van der Waals surface area (Å²) in [5, 5.41) is 2.86. The van der Waals surface area contributed by atoms with Gasteiger partial charge >= 0.3 is 0 Å². The molecule has 32 heavy (non-hydrogen) atoms. The zero-order valence-corrected chi connectivity index (χ0v) is 18.7. The number of amides is 1. The number of carbonyl (C=O) groups excluding carboxylic acids is 1. The van der Waals surface area contributed by atoms with E-state index < -0.39 is 0 Å². The first-order valence-corrected chi connectivity index (χ1v) is 10.7. The lowest BCUT2D eigenvalue weighted by molar-refractivity contribution is 0.0946. The van der Waals surface area contributed by atoms with E-state index in [1.54, 1.807) is 12.4 Å². The van der Waals surface area contributed by atoms with Gasteiger partial charge < -0.3 is 19.9 Å². The summed E-state index contributed by atoms with van der Waals surface area (Å²) >= 11 is 0. The predicted molar refractivity (Wildman–Crippen MR) is 124 cm³/mol. The van der Waals surface area contributed by atoms with E-state index in [0.29, 0.717) is 18.1 Å². The Balaban J connectivity index is 1.42. The second kappa shape index (κ2) is 9.64. The minimum atomic E-state index is -0.280. The van der Waals surface area contributed by atoms with Gasteiger partial charge in [0.25, 0.3) is 5.91 Å². The molecule has 1 aromatic carbocycles.